The van der Waals surface area contributed by atoms with E-state index in [-0.39, 0.29) is 17.3 Å². The molecule has 1 N–H and O–H groups in total. The Balaban J connectivity index is 1.73. The zero-order valence-electron chi connectivity index (χ0n) is 15.7. The van der Waals surface area contributed by atoms with Crippen molar-refractivity contribution in [1.82, 2.24) is 14.7 Å². The van der Waals surface area contributed by atoms with Crippen LogP contribution in [0.25, 0.3) is 5.69 Å². The smallest absolute Gasteiger partial charge is 0.276 e. The molecule has 0 saturated carbocycles. The number of para-hydroxylation sites is 1. The third-order valence-electron chi connectivity index (χ3n) is 4.31. The molecule has 0 aliphatic rings. The number of benzene rings is 2. The summed E-state index contributed by atoms with van der Waals surface area (Å²) in [6, 6.07) is 15.0. The van der Waals surface area contributed by atoms with Gasteiger partial charge in [-0.25, -0.2) is 9.07 Å². The summed E-state index contributed by atoms with van der Waals surface area (Å²) in [5.74, 6) is -0.821. The molecule has 3 rings (SSSR count). The van der Waals surface area contributed by atoms with Crippen molar-refractivity contribution >= 4 is 17.5 Å². The molecule has 0 aliphatic carbocycles. The second-order valence-corrected chi connectivity index (χ2v) is 6.28. The van der Waals surface area contributed by atoms with Crippen LogP contribution in [0, 0.1) is 5.82 Å². The van der Waals surface area contributed by atoms with Gasteiger partial charge in [0.05, 0.1) is 0 Å². The summed E-state index contributed by atoms with van der Waals surface area (Å²) in [6.07, 6.45) is 1.54. The zero-order valence-corrected chi connectivity index (χ0v) is 15.7. The van der Waals surface area contributed by atoms with Crippen molar-refractivity contribution in [3.63, 3.8) is 0 Å². The Hall–Kier alpha value is -3.48. The van der Waals surface area contributed by atoms with Crippen LogP contribution in [0.3, 0.4) is 0 Å². The monoisotopic (exact) mass is 380 g/mol. The van der Waals surface area contributed by atoms with Crippen LogP contribution >= 0.6 is 0 Å². The summed E-state index contributed by atoms with van der Waals surface area (Å²) in [6.45, 7) is 4.52. The number of hydrogen-bond donors (Lipinski definition) is 1. The van der Waals surface area contributed by atoms with Gasteiger partial charge in [0.25, 0.3) is 5.91 Å². The van der Waals surface area contributed by atoms with Crippen molar-refractivity contribution in [2.45, 2.75) is 20.4 Å². The first kappa shape index (κ1) is 19.3. The van der Waals surface area contributed by atoms with Gasteiger partial charge in [-0.15, -0.1) is 0 Å². The van der Waals surface area contributed by atoms with Crippen molar-refractivity contribution in [1.29, 1.82) is 0 Å². The quantitative estimate of drug-likeness (QED) is 0.710. The highest BCUT2D eigenvalue weighted by Crippen LogP contribution is 2.15. The number of aromatic nitrogens is 2. The Morgan fingerprint density at radius 1 is 1.14 bits per heavy atom. The largest absolute Gasteiger partial charge is 0.339 e. The fourth-order valence-electron chi connectivity index (χ4n) is 2.83. The molecule has 6 nitrogen and oxygen atoms in total. The Kier molecular flexibility index (Phi) is 5.84. The number of anilines is 1. The second kappa shape index (κ2) is 8.47. The van der Waals surface area contributed by atoms with Gasteiger partial charge >= 0.3 is 0 Å². The predicted octanol–water partition coefficient (Wildman–Crippen LogP) is 3.63. The minimum atomic E-state index is -0.420. The van der Waals surface area contributed by atoms with Gasteiger partial charge in [-0.2, -0.15) is 5.10 Å². The average Bonchev–Trinajstić information content (AvgIpc) is 3.16. The number of carbonyl (C=O) groups excluding carboxylic acids is 2. The summed E-state index contributed by atoms with van der Waals surface area (Å²) >= 11 is 0. The van der Waals surface area contributed by atoms with Crippen LogP contribution in [0.15, 0.2) is 60.8 Å². The fourth-order valence-corrected chi connectivity index (χ4v) is 2.83. The third kappa shape index (κ3) is 4.43. The molecule has 0 saturated heterocycles. The first-order valence-corrected chi connectivity index (χ1v) is 8.94. The molecular weight excluding hydrogens is 359 g/mol. The van der Waals surface area contributed by atoms with E-state index in [1.165, 1.54) is 29.9 Å². The molecule has 0 aliphatic heterocycles. The zero-order chi connectivity index (χ0) is 20.1. The molecule has 0 atom stereocenters. The van der Waals surface area contributed by atoms with E-state index >= 15 is 0 Å². The van der Waals surface area contributed by atoms with Gasteiger partial charge in [-0.3, -0.25) is 9.59 Å². The van der Waals surface area contributed by atoms with Crippen LogP contribution in [0.4, 0.5) is 10.1 Å². The molecule has 28 heavy (non-hydrogen) atoms. The maximum absolute atomic E-state index is 13.9. The van der Waals surface area contributed by atoms with Crippen LogP contribution in [0.5, 0.6) is 0 Å². The molecular formula is C21H21FN4O2. The maximum atomic E-state index is 13.9. The molecule has 0 spiro atoms. The molecule has 2 amide bonds. The Bertz CT molecular complexity index is 999. The lowest BCUT2D eigenvalue weighted by Gasteiger charge is -2.19. The summed E-state index contributed by atoms with van der Waals surface area (Å²) in [5.41, 5.74) is 1.95. The van der Waals surface area contributed by atoms with Gasteiger partial charge in [0.1, 0.15) is 11.5 Å². The van der Waals surface area contributed by atoms with Crippen molar-refractivity contribution < 1.29 is 14.0 Å². The molecule has 0 unspecified atom stereocenters. The SMILES string of the molecule is CCN(Cc1cccc(NC(=O)c2ccn(-c3ccccc3F)n2)c1)C(C)=O. The van der Waals surface area contributed by atoms with Crippen molar-refractivity contribution in [3.8, 4) is 5.69 Å². The van der Waals surface area contributed by atoms with Crippen LogP contribution in [-0.4, -0.2) is 33.0 Å². The van der Waals surface area contributed by atoms with E-state index in [1.807, 2.05) is 25.1 Å². The Morgan fingerprint density at radius 2 is 1.93 bits per heavy atom. The van der Waals surface area contributed by atoms with E-state index in [2.05, 4.69) is 10.4 Å². The lowest BCUT2D eigenvalue weighted by molar-refractivity contribution is -0.129. The second-order valence-electron chi connectivity index (χ2n) is 6.28. The minimum Gasteiger partial charge on any atom is -0.339 e. The van der Waals surface area contributed by atoms with Crippen LogP contribution in [0.2, 0.25) is 0 Å². The standard InChI is InChI=1S/C21H21FN4O2/c1-3-25(15(2)27)14-16-7-6-8-17(13-16)23-21(28)19-11-12-26(24-19)20-10-5-4-9-18(20)22/h4-13H,3,14H2,1-2H3,(H,23,28). The molecule has 144 valence electrons. The van der Waals surface area contributed by atoms with Crippen molar-refractivity contribution in [2.75, 3.05) is 11.9 Å². The lowest BCUT2D eigenvalue weighted by Crippen LogP contribution is -2.27. The first-order valence-electron chi connectivity index (χ1n) is 8.94. The molecule has 7 heteroatoms. The van der Waals surface area contributed by atoms with E-state index in [1.54, 1.807) is 29.2 Å². The molecule has 3 aromatic rings. The molecule has 1 heterocycles. The summed E-state index contributed by atoms with van der Waals surface area (Å²) in [5, 5.41) is 6.94. The lowest BCUT2D eigenvalue weighted by atomic mass is 10.2. The maximum Gasteiger partial charge on any atom is 0.276 e. The van der Waals surface area contributed by atoms with Gasteiger partial charge in [-0.05, 0) is 42.8 Å². The summed E-state index contributed by atoms with van der Waals surface area (Å²) in [4.78, 5) is 25.8. The molecule has 0 fully saturated rings. The molecule has 0 radical (unpaired) electrons. The normalized spacial score (nSPS) is 10.5. The van der Waals surface area contributed by atoms with Crippen molar-refractivity contribution in [2.24, 2.45) is 0 Å². The number of rotatable bonds is 6. The number of halogens is 1. The van der Waals surface area contributed by atoms with Gasteiger partial charge in [0.15, 0.2) is 5.69 Å². The minimum absolute atomic E-state index is 0.00405. The van der Waals surface area contributed by atoms with Crippen LogP contribution in [0.1, 0.15) is 29.9 Å². The van der Waals surface area contributed by atoms with E-state index in [0.717, 1.165) is 5.56 Å². The van der Waals surface area contributed by atoms with E-state index in [9.17, 15) is 14.0 Å². The molecule has 1 aromatic heterocycles. The third-order valence-corrected chi connectivity index (χ3v) is 4.31. The summed E-state index contributed by atoms with van der Waals surface area (Å²) in [7, 11) is 0. The average molecular weight is 380 g/mol. The van der Waals surface area contributed by atoms with Crippen LogP contribution in [-0.2, 0) is 11.3 Å². The topological polar surface area (TPSA) is 67.2 Å². The molecule has 0 bridgehead atoms. The van der Waals surface area contributed by atoms with Crippen molar-refractivity contribution in [3.05, 3.63) is 77.9 Å². The van der Waals surface area contributed by atoms with Gasteiger partial charge < -0.3 is 10.2 Å². The number of nitrogens with one attached hydrogen (secondary N) is 1. The highest BCUT2D eigenvalue weighted by atomic mass is 19.1. The highest BCUT2D eigenvalue weighted by Gasteiger charge is 2.13. The Morgan fingerprint density at radius 3 is 2.64 bits per heavy atom. The number of hydrogen-bond acceptors (Lipinski definition) is 3. The van der Waals surface area contributed by atoms with E-state index in [0.29, 0.717) is 18.8 Å². The number of carbonyl (C=O) groups is 2. The van der Waals surface area contributed by atoms with E-state index < -0.39 is 11.7 Å². The summed E-state index contributed by atoms with van der Waals surface area (Å²) < 4.78 is 15.2. The predicted molar refractivity (Wildman–Crippen MR) is 105 cm³/mol. The first-order chi connectivity index (χ1) is 13.5. The van der Waals surface area contributed by atoms with Gasteiger partial charge in [-0.1, -0.05) is 24.3 Å². The van der Waals surface area contributed by atoms with Gasteiger partial charge in [0, 0.05) is 31.9 Å². The van der Waals surface area contributed by atoms with Crippen LogP contribution < -0.4 is 5.32 Å². The molecule has 2 aromatic carbocycles. The Labute approximate surface area is 162 Å². The van der Waals surface area contributed by atoms with Gasteiger partial charge in [0.2, 0.25) is 5.91 Å². The van der Waals surface area contributed by atoms with E-state index in [4.69, 9.17) is 0 Å². The number of nitrogens with zero attached hydrogens (tertiary/aromatic N) is 3. The highest BCUT2D eigenvalue weighted by molar-refractivity contribution is 6.02. The fraction of sp³-hybridized carbons (Fsp3) is 0.190. The number of amides is 2.